The van der Waals surface area contributed by atoms with Gasteiger partial charge in [-0.15, -0.1) is 0 Å². The Morgan fingerprint density at radius 2 is 1.59 bits per heavy atom. The van der Waals surface area contributed by atoms with Crippen LogP contribution in [0, 0.1) is 5.82 Å². The summed E-state index contributed by atoms with van der Waals surface area (Å²) in [7, 11) is 0. The van der Waals surface area contributed by atoms with Crippen molar-refractivity contribution in [3.05, 3.63) is 70.5 Å². The van der Waals surface area contributed by atoms with Gasteiger partial charge in [0.05, 0.1) is 0 Å². The molecule has 0 atom stereocenters. The van der Waals surface area contributed by atoms with Crippen molar-refractivity contribution in [1.29, 1.82) is 0 Å². The van der Waals surface area contributed by atoms with Crippen molar-refractivity contribution in [2.75, 3.05) is 13.1 Å². The molecular formula is C17H18ClFN2O. The van der Waals surface area contributed by atoms with Crippen LogP contribution < -0.4 is 10.6 Å². The lowest BCUT2D eigenvalue weighted by Crippen LogP contribution is -2.37. The Morgan fingerprint density at radius 1 is 0.955 bits per heavy atom. The Morgan fingerprint density at radius 3 is 2.27 bits per heavy atom. The van der Waals surface area contributed by atoms with E-state index < -0.39 is 0 Å². The number of benzene rings is 2. The second kappa shape index (κ2) is 8.39. The second-order valence-corrected chi connectivity index (χ2v) is 5.34. The van der Waals surface area contributed by atoms with Gasteiger partial charge < -0.3 is 10.6 Å². The standard InChI is InChI=1S/C17H18ClFN2O/c18-15-7-5-13(6-8-15)9-11-20-17(22)21-12-10-14-3-1-2-4-16(14)19/h1-8H,9-12H2,(H2,20,21,22). The van der Waals surface area contributed by atoms with Crippen LogP contribution in [0.2, 0.25) is 5.02 Å². The molecule has 0 aromatic heterocycles. The second-order valence-electron chi connectivity index (χ2n) is 4.90. The lowest BCUT2D eigenvalue weighted by Gasteiger charge is -2.08. The van der Waals surface area contributed by atoms with E-state index in [2.05, 4.69) is 10.6 Å². The molecule has 2 aromatic rings. The molecule has 0 heterocycles. The Labute approximate surface area is 134 Å². The zero-order valence-corrected chi connectivity index (χ0v) is 12.9. The van der Waals surface area contributed by atoms with Crippen LogP contribution in [-0.4, -0.2) is 19.1 Å². The van der Waals surface area contributed by atoms with E-state index in [-0.39, 0.29) is 11.8 Å². The van der Waals surface area contributed by atoms with Crippen LogP contribution in [0.1, 0.15) is 11.1 Å². The number of nitrogens with one attached hydrogen (secondary N) is 2. The van der Waals surface area contributed by atoms with Gasteiger partial charge in [0.25, 0.3) is 0 Å². The average Bonchev–Trinajstić information content (AvgIpc) is 2.51. The van der Waals surface area contributed by atoms with Crippen molar-refractivity contribution in [3.63, 3.8) is 0 Å². The van der Waals surface area contributed by atoms with Gasteiger partial charge in [-0.05, 0) is 42.2 Å². The van der Waals surface area contributed by atoms with E-state index >= 15 is 0 Å². The molecule has 0 aliphatic carbocycles. The summed E-state index contributed by atoms with van der Waals surface area (Å²) in [6.07, 6.45) is 1.20. The molecule has 22 heavy (non-hydrogen) atoms. The van der Waals surface area contributed by atoms with E-state index in [0.29, 0.717) is 30.1 Å². The number of hydrogen-bond acceptors (Lipinski definition) is 1. The maximum atomic E-state index is 13.4. The molecule has 0 aliphatic heterocycles. The molecule has 0 bridgehead atoms. The number of hydrogen-bond donors (Lipinski definition) is 2. The summed E-state index contributed by atoms with van der Waals surface area (Å²) < 4.78 is 13.4. The highest BCUT2D eigenvalue weighted by Crippen LogP contribution is 2.09. The lowest BCUT2D eigenvalue weighted by molar-refractivity contribution is 0.241. The molecule has 2 N–H and O–H groups in total. The normalized spacial score (nSPS) is 10.3. The Bertz CT molecular complexity index is 616. The minimum absolute atomic E-state index is 0.243. The number of carbonyl (C=O) groups excluding carboxylic acids is 1. The predicted molar refractivity (Wildman–Crippen MR) is 86.7 cm³/mol. The summed E-state index contributed by atoms with van der Waals surface area (Å²) in [6.45, 7) is 0.931. The molecule has 2 aromatic carbocycles. The fraction of sp³-hybridized carbons (Fsp3) is 0.235. The molecule has 0 saturated heterocycles. The van der Waals surface area contributed by atoms with Gasteiger partial charge in [0, 0.05) is 18.1 Å². The first-order chi connectivity index (χ1) is 10.6. The highest BCUT2D eigenvalue weighted by Gasteiger charge is 2.03. The molecule has 0 unspecified atom stereocenters. The largest absolute Gasteiger partial charge is 0.338 e. The van der Waals surface area contributed by atoms with Gasteiger partial charge in [-0.25, -0.2) is 9.18 Å². The van der Waals surface area contributed by atoms with Crippen LogP contribution in [-0.2, 0) is 12.8 Å². The van der Waals surface area contributed by atoms with E-state index in [9.17, 15) is 9.18 Å². The van der Waals surface area contributed by atoms with E-state index in [1.807, 2.05) is 24.3 Å². The molecule has 0 spiro atoms. The molecule has 0 saturated carbocycles. The van der Waals surface area contributed by atoms with Gasteiger partial charge in [-0.2, -0.15) is 0 Å². The van der Waals surface area contributed by atoms with Crippen LogP contribution >= 0.6 is 11.6 Å². The van der Waals surface area contributed by atoms with Crippen molar-refractivity contribution in [2.45, 2.75) is 12.8 Å². The van der Waals surface area contributed by atoms with Gasteiger partial charge in [0.1, 0.15) is 5.82 Å². The van der Waals surface area contributed by atoms with Crippen molar-refractivity contribution in [3.8, 4) is 0 Å². The topological polar surface area (TPSA) is 41.1 Å². The number of amides is 2. The minimum Gasteiger partial charge on any atom is -0.338 e. The van der Waals surface area contributed by atoms with E-state index in [0.717, 1.165) is 12.0 Å². The molecule has 2 rings (SSSR count). The van der Waals surface area contributed by atoms with Gasteiger partial charge in [-0.1, -0.05) is 41.9 Å². The maximum absolute atomic E-state index is 13.4. The fourth-order valence-corrected chi connectivity index (χ4v) is 2.17. The summed E-state index contributed by atoms with van der Waals surface area (Å²) in [6, 6.07) is 13.8. The van der Waals surface area contributed by atoms with Crippen LogP contribution in [0.15, 0.2) is 48.5 Å². The SMILES string of the molecule is O=C(NCCc1ccc(Cl)cc1)NCCc1ccccc1F. The molecule has 0 aliphatic rings. The third-order valence-electron chi connectivity index (χ3n) is 3.25. The third-order valence-corrected chi connectivity index (χ3v) is 3.50. The lowest BCUT2D eigenvalue weighted by atomic mass is 10.1. The molecular weight excluding hydrogens is 303 g/mol. The number of carbonyl (C=O) groups is 1. The van der Waals surface area contributed by atoms with Crippen LogP contribution in [0.5, 0.6) is 0 Å². The van der Waals surface area contributed by atoms with E-state index in [4.69, 9.17) is 11.6 Å². The average molecular weight is 321 g/mol. The smallest absolute Gasteiger partial charge is 0.314 e. The Balaban J connectivity index is 1.64. The maximum Gasteiger partial charge on any atom is 0.314 e. The summed E-state index contributed by atoms with van der Waals surface area (Å²) >= 11 is 5.81. The van der Waals surface area contributed by atoms with Crippen molar-refractivity contribution in [1.82, 2.24) is 10.6 Å². The molecule has 0 radical (unpaired) electrons. The molecule has 5 heteroatoms. The predicted octanol–water partition coefficient (Wildman–Crippen LogP) is 3.56. The quantitative estimate of drug-likeness (QED) is 0.839. The zero-order valence-electron chi connectivity index (χ0n) is 12.1. The molecule has 116 valence electrons. The molecule has 0 fully saturated rings. The van der Waals surface area contributed by atoms with Gasteiger partial charge >= 0.3 is 6.03 Å². The Hall–Kier alpha value is -2.07. The highest BCUT2D eigenvalue weighted by atomic mass is 35.5. The molecule has 2 amide bonds. The first-order valence-corrected chi connectivity index (χ1v) is 7.52. The van der Waals surface area contributed by atoms with Gasteiger partial charge in [0.2, 0.25) is 0 Å². The Kier molecular flexibility index (Phi) is 6.22. The first kappa shape index (κ1) is 16.3. The summed E-state index contributed by atoms with van der Waals surface area (Å²) in [4.78, 5) is 11.6. The zero-order chi connectivity index (χ0) is 15.8. The first-order valence-electron chi connectivity index (χ1n) is 7.15. The third kappa shape index (κ3) is 5.37. The number of urea groups is 1. The van der Waals surface area contributed by atoms with Crippen molar-refractivity contribution >= 4 is 17.6 Å². The minimum atomic E-state index is -0.245. The summed E-state index contributed by atoms with van der Waals surface area (Å²) in [5.41, 5.74) is 1.71. The van der Waals surface area contributed by atoms with Crippen LogP contribution in [0.3, 0.4) is 0 Å². The van der Waals surface area contributed by atoms with Gasteiger partial charge in [-0.3, -0.25) is 0 Å². The van der Waals surface area contributed by atoms with Crippen LogP contribution in [0.25, 0.3) is 0 Å². The molecule has 3 nitrogen and oxygen atoms in total. The van der Waals surface area contributed by atoms with Crippen molar-refractivity contribution in [2.24, 2.45) is 0 Å². The number of halogens is 2. The van der Waals surface area contributed by atoms with E-state index in [1.54, 1.807) is 18.2 Å². The highest BCUT2D eigenvalue weighted by molar-refractivity contribution is 6.30. The summed E-state index contributed by atoms with van der Waals surface area (Å²) in [5, 5.41) is 6.18. The fourth-order valence-electron chi connectivity index (χ4n) is 2.05. The number of rotatable bonds is 6. The van der Waals surface area contributed by atoms with E-state index in [1.165, 1.54) is 6.07 Å². The summed E-state index contributed by atoms with van der Waals surface area (Å²) in [5.74, 6) is -0.243. The monoisotopic (exact) mass is 320 g/mol. The van der Waals surface area contributed by atoms with Crippen LogP contribution in [0.4, 0.5) is 9.18 Å². The van der Waals surface area contributed by atoms with Crippen molar-refractivity contribution < 1.29 is 9.18 Å². The van der Waals surface area contributed by atoms with Gasteiger partial charge in [0.15, 0.2) is 0 Å².